The summed E-state index contributed by atoms with van der Waals surface area (Å²) in [4.78, 5) is 37.2. The lowest BCUT2D eigenvalue weighted by molar-refractivity contribution is -0.385. The molecule has 1 aliphatic carbocycles. The summed E-state index contributed by atoms with van der Waals surface area (Å²) in [6.45, 7) is 0.0557. The van der Waals surface area contributed by atoms with E-state index in [-0.39, 0.29) is 30.3 Å². The number of rotatable bonds is 6. The fraction of sp³-hybridized carbons (Fsp3) is 0.280. The zero-order valence-corrected chi connectivity index (χ0v) is 18.4. The predicted molar refractivity (Wildman–Crippen MR) is 120 cm³/mol. The molecule has 2 aromatic rings. The molecule has 1 saturated heterocycles. The van der Waals surface area contributed by atoms with Crippen molar-refractivity contribution < 1.29 is 32.4 Å². The van der Waals surface area contributed by atoms with Crippen molar-refractivity contribution in [3.63, 3.8) is 0 Å². The second-order valence-corrected chi connectivity index (χ2v) is 8.33. The van der Waals surface area contributed by atoms with Gasteiger partial charge < -0.3 is 4.74 Å². The molecule has 1 amide bonds. The van der Waals surface area contributed by atoms with Gasteiger partial charge in [0.15, 0.2) is 11.5 Å². The second kappa shape index (κ2) is 9.46. The van der Waals surface area contributed by atoms with E-state index in [9.17, 15) is 32.9 Å². The number of alkyl halides is 3. The summed E-state index contributed by atoms with van der Waals surface area (Å²) in [7, 11) is 0. The minimum atomic E-state index is -4.68. The maximum atomic E-state index is 13.5. The molecule has 182 valence electrons. The van der Waals surface area contributed by atoms with Gasteiger partial charge in [0, 0.05) is 17.3 Å². The van der Waals surface area contributed by atoms with E-state index >= 15 is 0 Å². The van der Waals surface area contributed by atoms with E-state index < -0.39 is 34.0 Å². The van der Waals surface area contributed by atoms with Crippen molar-refractivity contribution in [2.45, 2.75) is 31.2 Å². The minimum Gasteiger partial charge on any atom is -0.347 e. The molecule has 2 aromatic carbocycles. The van der Waals surface area contributed by atoms with Gasteiger partial charge in [-0.2, -0.15) is 13.2 Å². The average Bonchev–Trinajstić information content (AvgIpc) is 2.82. The van der Waals surface area contributed by atoms with Crippen LogP contribution in [0.15, 0.2) is 72.8 Å². The standard InChI is InChI=1S/C25H21F3N2O5/c26-25(27,28)19-10-9-17(22(15-19)30(33)34)5-4-6-18-16-35-24(13-11-21(31)12-14-24)29(23(18)32)20-7-2-1-3-8-20/h1-3,7-15,18H,4-6,16H2. The van der Waals surface area contributed by atoms with E-state index in [1.54, 1.807) is 30.3 Å². The van der Waals surface area contributed by atoms with Crippen LogP contribution in [-0.4, -0.2) is 28.9 Å². The molecule has 1 heterocycles. The molecule has 35 heavy (non-hydrogen) atoms. The number of amides is 1. The lowest BCUT2D eigenvalue weighted by Gasteiger charge is -2.46. The molecular formula is C25H21F3N2O5. The van der Waals surface area contributed by atoms with Gasteiger partial charge in [0.05, 0.1) is 23.0 Å². The van der Waals surface area contributed by atoms with Crippen LogP contribution >= 0.6 is 0 Å². The van der Waals surface area contributed by atoms with Gasteiger partial charge in [0.2, 0.25) is 5.91 Å². The normalized spacial score (nSPS) is 19.4. The van der Waals surface area contributed by atoms with Gasteiger partial charge in [-0.25, -0.2) is 0 Å². The maximum absolute atomic E-state index is 13.5. The first-order valence-corrected chi connectivity index (χ1v) is 10.9. The molecule has 10 heteroatoms. The highest BCUT2D eigenvalue weighted by Crippen LogP contribution is 2.37. The van der Waals surface area contributed by atoms with Crippen molar-refractivity contribution in [1.29, 1.82) is 0 Å². The lowest BCUT2D eigenvalue weighted by atomic mass is 9.92. The number of hydrogen-bond acceptors (Lipinski definition) is 5. The Morgan fingerprint density at radius 1 is 1.09 bits per heavy atom. The molecule has 0 radical (unpaired) electrons. The third-order valence-electron chi connectivity index (χ3n) is 6.03. The summed E-state index contributed by atoms with van der Waals surface area (Å²) in [5, 5.41) is 11.3. The molecule has 1 atom stereocenters. The van der Waals surface area contributed by atoms with Crippen molar-refractivity contribution >= 4 is 23.1 Å². The highest BCUT2D eigenvalue weighted by Gasteiger charge is 2.46. The van der Waals surface area contributed by atoms with Gasteiger partial charge in [0.1, 0.15) is 0 Å². The number of halogens is 3. The van der Waals surface area contributed by atoms with Crippen LogP contribution in [0.2, 0.25) is 0 Å². The van der Waals surface area contributed by atoms with Gasteiger partial charge in [-0.05, 0) is 61.8 Å². The number of aryl methyl sites for hydroxylation is 1. The molecule has 1 fully saturated rings. The van der Waals surface area contributed by atoms with Gasteiger partial charge >= 0.3 is 6.18 Å². The highest BCUT2D eigenvalue weighted by atomic mass is 19.4. The molecule has 2 aliphatic rings. The fourth-order valence-electron chi connectivity index (χ4n) is 4.26. The van der Waals surface area contributed by atoms with Crippen molar-refractivity contribution in [3.05, 3.63) is 94.1 Å². The Balaban J connectivity index is 1.51. The first-order valence-electron chi connectivity index (χ1n) is 10.9. The maximum Gasteiger partial charge on any atom is 0.416 e. The number of nitro benzene ring substituents is 1. The number of hydrogen-bond donors (Lipinski definition) is 0. The summed E-state index contributed by atoms with van der Waals surface area (Å²) in [5.74, 6) is -1.04. The summed E-state index contributed by atoms with van der Waals surface area (Å²) in [5.41, 5.74) is -2.18. The molecule has 1 spiro atoms. The van der Waals surface area contributed by atoms with Crippen LogP contribution in [0.3, 0.4) is 0 Å². The first-order chi connectivity index (χ1) is 16.6. The Hall–Kier alpha value is -3.79. The zero-order valence-electron chi connectivity index (χ0n) is 18.4. The predicted octanol–water partition coefficient (Wildman–Crippen LogP) is 5.01. The van der Waals surface area contributed by atoms with Crippen LogP contribution in [-0.2, 0) is 26.9 Å². The number of ketones is 1. The summed E-state index contributed by atoms with van der Waals surface area (Å²) in [6.07, 6.45) is 1.82. The monoisotopic (exact) mass is 486 g/mol. The molecule has 7 nitrogen and oxygen atoms in total. The quantitative estimate of drug-likeness (QED) is 0.423. The third kappa shape index (κ3) is 5.02. The fourth-order valence-corrected chi connectivity index (χ4v) is 4.26. The number of anilines is 1. The lowest BCUT2D eigenvalue weighted by Crippen LogP contribution is -2.59. The average molecular weight is 486 g/mol. The first kappa shape index (κ1) is 24.3. The second-order valence-electron chi connectivity index (χ2n) is 8.33. The highest BCUT2D eigenvalue weighted by molar-refractivity contribution is 6.03. The van der Waals surface area contributed by atoms with E-state index in [4.69, 9.17) is 4.74 Å². The van der Waals surface area contributed by atoms with Gasteiger partial charge in [-0.1, -0.05) is 24.3 Å². The van der Waals surface area contributed by atoms with Crippen LogP contribution < -0.4 is 4.90 Å². The number of nitro groups is 1. The van der Waals surface area contributed by atoms with E-state index in [1.807, 2.05) is 0 Å². The molecule has 1 unspecified atom stereocenters. The van der Waals surface area contributed by atoms with Crippen LogP contribution in [0.4, 0.5) is 24.5 Å². The van der Waals surface area contributed by atoms with E-state index in [0.717, 1.165) is 12.1 Å². The number of carbonyl (C=O) groups excluding carboxylic acids is 2. The van der Waals surface area contributed by atoms with Gasteiger partial charge in [-0.15, -0.1) is 0 Å². The van der Waals surface area contributed by atoms with Crippen LogP contribution in [0.5, 0.6) is 0 Å². The number of carbonyl (C=O) groups is 2. The van der Waals surface area contributed by atoms with Crippen molar-refractivity contribution in [3.8, 4) is 0 Å². The Morgan fingerprint density at radius 3 is 2.40 bits per heavy atom. The number of benzene rings is 2. The summed E-state index contributed by atoms with van der Waals surface area (Å²) >= 11 is 0. The van der Waals surface area contributed by atoms with Crippen molar-refractivity contribution in [1.82, 2.24) is 0 Å². The Bertz CT molecular complexity index is 1190. The Kier molecular flexibility index (Phi) is 6.58. The molecule has 0 bridgehead atoms. The molecule has 1 aliphatic heterocycles. The Labute approximate surface area is 198 Å². The van der Waals surface area contributed by atoms with E-state index in [1.165, 1.54) is 29.2 Å². The summed E-state index contributed by atoms with van der Waals surface area (Å²) in [6, 6.07) is 11.3. The summed E-state index contributed by atoms with van der Waals surface area (Å²) < 4.78 is 44.9. The largest absolute Gasteiger partial charge is 0.416 e. The van der Waals surface area contributed by atoms with E-state index in [2.05, 4.69) is 0 Å². The van der Waals surface area contributed by atoms with Crippen LogP contribution in [0.1, 0.15) is 24.0 Å². The molecular weight excluding hydrogens is 465 g/mol. The van der Waals surface area contributed by atoms with Gasteiger partial charge in [-0.3, -0.25) is 24.6 Å². The van der Waals surface area contributed by atoms with Crippen molar-refractivity contribution in [2.24, 2.45) is 5.92 Å². The molecule has 0 aromatic heterocycles. The number of ether oxygens (including phenoxy) is 1. The Morgan fingerprint density at radius 2 is 1.77 bits per heavy atom. The molecule has 0 N–H and O–H groups in total. The van der Waals surface area contributed by atoms with Crippen molar-refractivity contribution in [2.75, 3.05) is 11.5 Å². The molecule has 0 saturated carbocycles. The number of para-hydroxylation sites is 1. The minimum absolute atomic E-state index is 0.0557. The smallest absolute Gasteiger partial charge is 0.347 e. The SMILES string of the molecule is O=C1C=CC2(C=C1)OCC(CCCc1ccc(C(F)(F)F)cc1[N+](=O)[O-])C(=O)N2c1ccccc1. The third-order valence-corrected chi connectivity index (χ3v) is 6.03. The van der Waals surface area contributed by atoms with E-state index in [0.29, 0.717) is 24.6 Å². The van der Waals surface area contributed by atoms with Crippen LogP contribution in [0.25, 0.3) is 0 Å². The topological polar surface area (TPSA) is 89.7 Å². The molecule has 4 rings (SSSR count). The van der Waals surface area contributed by atoms with Gasteiger partial charge in [0.25, 0.3) is 5.69 Å². The zero-order chi connectivity index (χ0) is 25.2. The number of allylic oxidation sites excluding steroid dienone is 2. The van der Waals surface area contributed by atoms with Crippen LogP contribution in [0, 0.1) is 16.0 Å². The number of nitrogens with zero attached hydrogens (tertiary/aromatic N) is 2.